The van der Waals surface area contributed by atoms with Crippen molar-refractivity contribution in [1.29, 1.82) is 0 Å². The van der Waals surface area contributed by atoms with Crippen LogP contribution in [0.25, 0.3) is 11.4 Å². The van der Waals surface area contributed by atoms with Gasteiger partial charge in [0.1, 0.15) is 0 Å². The maximum absolute atomic E-state index is 4.97. The highest BCUT2D eigenvalue weighted by atomic mass is 15.3. The monoisotopic (exact) mass is 402 g/mol. The predicted molar refractivity (Wildman–Crippen MR) is 126 cm³/mol. The first-order valence-electron chi connectivity index (χ1n) is 10.6. The average molecular weight is 403 g/mol. The molecule has 0 amide bonds. The molecule has 2 aliphatic rings. The molecule has 4 aromatic rings. The van der Waals surface area contributed by atoms with Crippen molar-refractivity contribution < 1.29 is 0 Å². The van der Waals surface area contributed by atoms with E-state index < -0.39 is 0 Å². The van der Waals surface area contributed by atoms with Crippen molar-refractivity contribution in [3.8, 4) is 5.69 Å². The fourth-order valence-corrected chi connectivity index (χ4v) is 4.73. The Morgan fingerprint density at radius 3 is 2.39 bits per heavy atom. The number of nitrogens with one attached hydrogen (secondary N) is 1. The molecule has 3 aromatic carbocycles. The first-order valence-corrected chi connectivity index (χ1v) is 10.6. The van der Waals surface area contributed by atoms with Crippen LogP contribution in [-0.4, -0.2) is 16.0 Å². The molecule has 0 fully saturated rings. The molecule has 0 unspecified atom stereocenters. The van der Waals surface area contributed by atoms with Gasteiger partial charge in [-0.15, -0.1) is 0 Å². The number of hydrogen-bond acceptors (Lipinski definition) is 3. The van der Waals surface area contributed by atoms with Crippen molar-refractivity contribution in [1.82, 2.24) is 9.78 Å². The van der Waals surface area contributed by atoms with Gasteiger partial charge in [0.2, 0.25) is 0 Å². The number of anilines is 1. The molecule has 150 valence electrons. The maximum Gasteiger partial charge on any atom is 0.0864 e. The number of hydrogen-bond donors (Lipinski definition) is 1. The lowest BCUT2D eigenvalue weighted by atomic mass is 9.80. The molecule has 0 radical (unpaired) electrons. The Morgan fingerprint density at radius 2 is 1.58 bits per heavy atom. The third-order valence-corrected chi connectivity index (χ3v) is 6.18. The highest BCUT2D eigenvalue weighted by molar-refractivity contribution is 6.02. The van der Waals surface area contributed by atoms with Gasteiger partial charge >= 0.3 is 0 Å². The van der Waals surface area contributed by atoms with Crippen LogP contribution in [0.15, 0.2) is 95.5 Å². The van der Waals surface area contributed by atoms with E-state index in [1.165, 1.54) is 22.4 Å². The molecule has 0 bridgehead atoms. The lowest BCUT2D eigenvalue weighted by molar-refractivity contribution is 0.723. The second-order valence-electron chi connectivity index (χ2n) is 8.05. The van der Waals surface area contributed by atoms with Crippen LogP contribution in [0.5, 0.6) is 0 Å². The third kappa shape index (κ3) is 2.91. The number of fused-ring (bicyclic) bond motifs is 3. The molecule has 0 spiro atoms. The highest BCUT2D eigenvalue weighted by Crippen LogP contribution is 2.44. The number of aromatic nitrogens is 2. The van der Waals surface area contributed by atoms with E-state index in [9.17, 15) is 0 Å². The summed E-state index contributed by atoms with van der Waals surface area (Å²) in [5, 5.41) is 8.69. The number of nitrogens with zero attached hydrogens (tertiary/aromatic N) is 3. The van der Waals surface area contributed by atoms with E-state index in [1.54, 1.807) is 0 Å². The molecule has 1 aliphatic heterocycles. The summed E-state index contributed by atoms with van der Waals surface area (Å²) in [7, 11) is 0. The zero-order chi connectivity index (χ0) is 20.8. The van der Waals surface area contributed by atoms with Crippen LogP contribution >= 0.6 is 0 Å². The quantitative estimate of drug-likeness (QED) is 0.443. The fraction of sp³-hybridized carbons (Fsp3) is 0.111. The SMILES string of the molecule is Cc1nn(-c2ccccc2)c2c1C1=C(C=Nc3ccccc3N1)[C@H](c1ccccc1)C2. The zero-order valence-electron chi connectivity index (χ0n) is 17.3. The van der Waals surface area contributed by atoms with E-state index in [0.717, 1.165) is 34.9 Å². The van der Waals surface area contributed by atoms with Crippen LogP contribution in [-0.2, 0) is 6.42 Å². The van der Waals surface area contributed by atoms with Crippen LogP contribution in [0.4, 0.5) is 11.4 Å². The van der Waals surface area contributed by atoms with Crippen LogP contribution in [0.2, 0.25) is 0 Å². The van der Waals surface area contributed by atoms with Gasteiger partial charge in [0.25, 0.3) is 0 Å². The van der Waals surface area contributed by atoms with E-state index in [0.29, 0.717) is 0 Å². The molecule has 4 nitrogen and oxygen atoms in total. The molecular weight excluding hydrogens is 380 g/mol. The molecule has 1 atom stereocenters. The third-order valence-electron chi connectivity index (χ3n) is 6.18. The number of aliphatic imine (C=N–C) groups is 1. The van der Waals surface area contributed by atoms with Crippen LogP contribution < -0.4 is 5.32 Å². The largest absolute Gasteiger partial charge is 0.353 e. The van der Waals surface area contributed by atoms with E-state index >= 15 is 0 Å². The minimum absolute atomic E-state index is 0.202. The topological polar surface area (TPSA) is 42.2 Å². The number of aryl methyl sites for hydroxylation is 1. The molecule has 1 N–H and O–H groups in total. The standard InChI is InChI=1S/C27H22N4/c1-18-26-25(31(30-18)20-12-6-3-7-13-20)16-21(19-10-4-2-5-11-19)22-17-28-23-14-8-9-15-24(23)29-27(22)26/h2-15,17,21,29H,16H2,1H3/t21-/m0/s1. The predicted octanol–water partition coefficient (Wildman–Crippen LogP) is 6.06. The zero-order valence-corrected chi connectivity index (χ0v) is 17.3. The Kier molecular flexibility index (Phi) is 4.10. The van der Waals surface area contributed by atoms with Gasteiger partial charge in [0, 0.05) is 29.7 Å². The molecule has 0 saturated heterocycles. The van der Waals surface area contributed by atoms with Crippen molar-refractivity contribution >= 4 is 23.3 Å². The van der Waals surface area contributed by atoms with E-state index in [4.69, 9.17) is 10.1 Å². The summed E-state index contributed by atoms with van der Waals surface area (Å²) in [6, 6.07) is 29.3. The van der Waals surface area contributed by atoms with Gasteiger partial charge in [0.15, 0.2) is 0 Å². The van der Waals surface area contributed by atoms with Crippen molar-refractivity contribution in [2.45, 2.75) is 19.3 Å². The fourth-order valence-electron chi connectivity index (χ4n) is 4.73. The minimum atomic E-state index is 0.202. The number of rotatable bonds is 2. The number of allylic oxidation sites excluding steroid dienone is 1. The summed E-state index contributed by atoms with van der Waals surface area (Å²) >= 11 is 0. The Bertz CT molecular complexity index is 1330. The second-order valence-corrected chi connectivity index (χ2v) is 8.05. The van der Waals surface area contributed by atoms with Crippen LogP contribution in [0.3, 0.4) is 0 Å². The summed E-state index contributed by atoms with van der Waals surface area (Å²) in [4.78, 5) is 4.84. The summed E-state index contributed by atoms with van der Waals surface area (Å²) < 4.78 is 2.11. The molecule has 0 saturated carbocycles. The lowest BCUT2D eigenvalue weighted by Crippen LogP contribution is -2.20. The van der Waals surface area contributed by atoms with Crippen molar-refractivity contribution in [2.24, 2.45) is 4.99 Å². The first-order chi connectivity index (χ1) is 15.3. The molecule has 6 rings (SSSR count). The van der Waals surface area contributed by atoms with Crippen LogP contribution in [0, 0.1) is 6.92 Å². The van der Waals surface area contributed by atoms with Crippen LogP contribution in [0.1, 0.15) is 28.4 Å². The molecule has 1 aromatic heterocycles. The smallest absolute Gasteiger partial charge is 0.0864 e. The number of para-hydroxylation sites is 3. The van der Waals surface area contributed by atoms with Crippen molar-refractivity contribution in [3.63, 3.8) is 0 Å². The summed E-state index contributed by atoms with van der Waals surface area (Å²) in [5.41, 5.74) is 10.1. The summed E-state index contributed by atoms with van der Waals surface area (Å²) in [6.07, 6.45) is 2.92. The maximum atomic E-state index is 4.97. The minimum Gasteiger partial charge on any atom is -0.353 e. The van der Waals surface area contributed by atoms with Gasteiger partial charge in [-0.05, 0) is 36.8 Å². The van der Waals surface area contributed by atoms with Gasteiger partial charge in [0.05, 0.1) is 34.1 Å². The lowest BCUT2D eigenvalue weighted by Gasteiger charge is -2.28. The van der Waals surface area contributed by atoms with Gasteiger partial charge in [-0.1, -0.05) is 60.7 Å². The van der Waals surface area contributed by atoms with E-state index in [2.05, 4.69) is 83.7 Å². The van der Waals surface area contributed by atoms with Crippen molar-refractivity contribution in [3.05, 3.63) is 113 Å². The van der Waals surface area contributed by atoms with Gasteiger partial charge in [-0.2, -0.15) is 5.10 Å². The Balaban J connectivity index is 1.60. The van der Waals surface area contributed by atoms with E-state index in [-0.39, 0.29) is 5.92 Å². The summed E-state index contributed by atoms with van der Waals surface area (Å²) in [6.45, 7) is 2.10. The normalized spacial score (nSPS) is 16.7. The van der Waals surface area contributed by atoms with E-state index in [1.807, 2.05) is 24.4 Å². The number of benzene rings is 3. The molecule has 1 aliphatic carbocycles. The average Bonchev–Trinajstić information content (AvgIpc) is 3.03. The Hall–Kier alpha value is -3.92. The Labute approximate surface area is 181 Å². The second kappa shape index (κ2) is 7.10. The molecule has 2 heterocycles. The van der Waals surface area contributed by atoms with Gasteiger partial charge < -0.3 is 5.32 Å². The molecular formula is C27H22N4. The molecule has 4 heteroatoms. The first kappa shape index (κ1) is 17.9. The van der Waals surface area contributed by atoms with Gasteiger partial charge in [-0.3, -0.25) is 4.99 Å². The highest BCUT2D eigenvalue weighted by Gasteiger charge is 2.34. The summed E-state index contributed by atoms with van der Waals surface area (Å²) in [5.74, 6) is 0.202. The van der Waals surface area contributed by atoms with Crippen molar-refractivity contribution in [2.75, 3.05) is 5.32 Å². The Morgan fingerprint density at radius 1 is 0.871 bits per heavy atom. The van der Waals surface area contributed by atoms with Gasteiger partial charge in [-0.25, -0.2) is 4.68 Å². The molecule has 31 heavy (non-hydrogen) atoms.